The van der Waals surface area contributed by atoms with Gasteiger partial charge in [-0.15, -0.1) is 12.4 Å². The molecular weight excluding hydrogens is 350 g/mol. The molecule has 2 nitrogen and oxygen atoms in total. The van der Waals surface area contributed by atoms with Crippen molar-refractivity contribution in [1.29, 1.82) is 0 Å². The van der Waals surface area contributed by atoms with Gasteiger partial charge in [0.05, 0.1) is 6.04 Å². The van der Waals surface area contributed by atoms with E-state index in [0.29, 0.717) is 0 Å². The molecule has 4 heteroatoms. The topological polar surface area (TPSA) is 46.2 Å². The van der Waals surface area contributed by atoms with Crippen LogP contribution in [0.4, 0.5) is 0 Å². The molecule has 0 radical (unpaired) electrons. The Morgan fingerprint density at radius 1 is 0.952 bits per heavy atom. The van der Waals surface area contributed by atoms with Crippen LogP contribution in [0.25, 0.3) is 10.8 Å². The zero-order valence-corrected chi connectivity index (χ0v) is 13.6. The average molecular weight is 365 g/mol. The summed E-state index contributed by atoms with van der Waals surface area (Å²) in [7, 11) is 0. The Labute approximate surface area is 138 Å². The summed E-state index contributed by atoms with van der Waals surface area (Å²) in [6.45, 7) is 0. The van der Waals surface area contributed by atoms with E-state index in [2.05, 4.69) is 15.9 Å². The number of hydrogen-bond donors (Lipinski definition) is 2. The van der Waals surface area contributed by atoms with Gasteiger partial charge < -0.3 is 10.8 Å². The summed E-state index contributed by atoms with van der Waals surface area (Å²) in [6, 6.07) is 19.1. The van der Waals surface area contributed by atoms with Crippen molar-refractivity contribution in [2.24, 2.45) is 5.73 Å². The first-order valence-electron chi connectivity index (χ1n) is 6.38. The van der Waals surface area contributed by atoms with Gasteiger partial charge >= 0.3 is 0 Å². The molecule has 0 amide bonds. The van der Waals surface area contributed by atoms with E-state index in [4.69, 9.17) is 5.73 Å². The van der Waals surface area contributed by atoms with Crippen LogP contribution in [-0.2, 0) is 0 Å². The van der Waals surface area contributed by atoms with E-state index in [0.717, 1.165) is 26.4 Å². The lowest BCUT2D eigenvalue weighted by Crippen LogP contribution is -2.12. The number of phenols is 1. The van der Waals surface area contributed by atoms with Crippen LogP contribution < -0.4 is 5.73 Å². The van der Waals surface area contributed by atoms with Gasteiger partial charge in [-0.05, 0) is 23.1 Å². The second-order valence-corrected chi connectivity index (χ2v) is 5.67. The Morgan fingerprint density at radius 2 is 1.71 bits per heavy atom. The van der Waals surface area contributed by atoms with Crippen molar-refractivity contribution in [1.82, 2.24) is 0 Å². The van der Waals surface area contributed by atoms with Crippen molar-refractivity contribution < 1.29 is 5.11 Å². The summed E-state index contributed by atoms with van der Waals surface area (Å²) in [6.07, 6.45) is 0. The maximum atomic E-state index is 10.5. The van der Waals surface area contributed by atoms with Crippen LogP contribution in [-0.4, -0.2) is 5.11 Å². The van der Waals surface area contributed by atoms with E-state index in [1.807, 2.05) is 60.7 Å². The number of nitrogens with two attached hydrogens (primary N) is 1. The third kappa shape index (κ3) is 3.05. The molecule has 0 saturated carbocycles. The molecule has 108 valence electrons. The molecular formula is C17H15BrClNO. The van der Waals surface area contributed by atoms with Gasteiger partial charge in [0.2, 0.25) is 0 Å². The third-order valence-corrected chi connectivity index (χ3v) is 3.97. The fourth-order valence-corrected chi connectivity index (χ4v) is 2.82. The van der Waals surface area contributed by atoms with Gasteiger partial charge in [-0.3, -0.25) is 0 Å². The summed E-state index contributed by atoms with van der Waals surface area (Å²) in [5.41, 5.74) is 8.00. The molecule has 0 aliphatic heterocycles. The molecule has 0 saturated heterocycles. The predicted octanol–water partition coefficient (Wildman–Crippen LogP) is 4.78. The minimum Gasteiger partial charge on any atom is -0.507 e. The van der Waals surface area contributed by atoms with Crippen molar-refractivity contribution in [2.75, 3.05) is 0 Å². The number of fused-ring (bicyclic) bond motifs is 1. The zero-order valence-electron chi connectivity index (χ0n) is 11.2. The Hall–Kier alpha value is -1.55. The molecule has 21 heavy (non-hydrogen) atoms. The highest BCUT2D eigenvalue weighted by atomic mass is 79.9. The first-order valence-corrected chi connectivity index (χ1v) is 7.18. The number of hydrogen-bond acceptors (Lipinski definition) is 2. The van der Waals surface area contributed by atoms with E-state index >= 15 is 0 Å². The minimum atomic E-state index is -0.350. The highest BCUT2D eigenvalue weighted by molar-refractivity contribution is 9.10. The molecule has 3 N–H and O–H groups in total. The van der Waals surface area contributed by atoms with Crippen molar-refractivity contribution in [3.63, 3.8) is 0 Å². The minimum absolute atomic E-state index is 0. The van der Waals surface area contributed by atoms with Gasteiger partial charge in [0.25, 0.3) is 0 Å². The maximum Gasteiger partial charge on any atom is 0.128 e. The van der Waals surface area contributed by atoms with Crippen molar-refractivity contribution >= 4 is 39.1 Å². The second-order valence-electron chi connectivity index (χ2n) is 4.76. The Bertz CT molecular complexity index is 776. The first kappa shape index (κ1) is 15.8. The standard InChI is InChI=1S/C17H14BrNO.ClH/c18-13-6-3-5-12(10-13)16(19)15-9-8-11-4-1-2-7-14(11)17(15)20;/h1-10,16,20H,19H2;1H. The highest BCUT2D eigenvalue weighted by Gasteiger charge is 2.15. The van der Waals surface area contributed by atoms with Crippen LogP contribution in [0.2, 0.25) is 0 Å². The van der Waals surface area contributed by atoms with Gasteiger partial charge in [-0.25, -0.2) is 0 Å². The van der Waals surface area contributed by atoms with Crippen molar-refractivity contribution in [3.05, 3.63) is 76.3 Å². The van der Waals surface area contributed by atoms with E-state index in [1.165, 1.54) is 0 Å². The fourth-order valence-electron chi connectivity index (χ4n) is 2.40. The molecule has 1 atom stereocenters. The van der Waals surface area contributed by atoms with Gasteiger partial charge in [0.1, 0.15) is 5.75 Å². The number of aromatic hydroxyl groups is 1. The summed E-state index contributed by atoms with van der Waals surface area (Å²) >= 11 is 3.44. The molecule has 0 aromatic heterocycles. The number of halogens is 2. The number of benzene rings is 3. The normalized spacial score (nSPS) is 11.9. The molecule has 3 aromatic rings. The largest absolute Gasteiger partial charge is 0.507 e. The summed E-state index contributed by atoms with van der Waals surface area (Å²) in [5.74, 6) is 0.260. The molecule has 0 aliphatic rings. The van der Waals surface area contributed by atoms with E-state index < -0.39 is 0 Å². The van der Waals surface area contributed by atoms with Gasteiger partial charge in [-0.2, -0.15) is 0 Å². The van der Waals surface area contributed by atoms with Crippen molar-refractivity contribution in [2.45, 2.75) is 6.04 Å². The Balaban J connectivity index is 0.00000161. The Kier molecular flexibility index (Phi) is 4.88. The maximum absolute atomic E-state index is 10.5. The Morgan fingerprint density at radius 3 is 2.48 bits per heavy atom. The monoisotopic (exact) mass is 363 g/mol. The fraction of sp³-hybridized carbons (Fsp3) is 0.0588. The van der Waals surface area contributed by atoms with E-state index in [-0.39, 0.29) is 24.2 Å². The summed E-state index contributed by atoms with van der Waals surface area (Å²) in [5, 5.41) is 12.3. The highest BCUT2D eigenvalue weighted by Crippen LogP contribution is 2.34. The van der Waals surface area contributed by atoms with Gasteiger partial charge in [0, 0.05) is 15.4 Å². The lowest BCUT2D eigenvalue weighted by atomic mass is 9.96. The molecule has 0 aliphatic carbocycles. The van der Waals surface area contributed by atoms with E-state index in [9.17, 15) is 5.11 Å². The lowest BCUT2D eigenvalue weighted by molar-refractivity contribution is 0.472. The summed E-state index contributed by atoms with van der Waals surface area (Å²) in [4.78, 5) is 0. The molecule has 0 fully saturated rings. The lowest BCUT2D eigenvalue weighted by Gasteiger charge is -2.16. The van der Waals surface area contributed by atoms with Crippen LogP contribution >= 0.6 is 28.3 Å². The summed E-state index contributed by atoms with van der Waals surface area (Å²) < 4.78 is 0.978. The zero-order chi connectivity index (χ0) is 14.1. The van der Waals surface area contributed by atoms with Gasteiger partial charge in [-0.1, -0.05) is 64.5 Å². The van der Waals surface area contributed by atoms with Crippen LogP contribution in [0.3, 0.4) is 0 Å². The predicted molar refractivity (Wildman–Crippen MR) is 93.0 cm³/mol. The molecule has 0 heterocycles. The average Bonchev–Trinajstić information content (AvgIpc) is 2.47. The van der Waals surface area contributed by atoms with Crippen LogP contribution in [0, 0.1) is 0 Å². The smallest absolute Gasteiger partial charge is 0.128 e. The third-order valence-electron chi connectivity index (χ3n) is 3.47. The molecule has 1 unspecified atom stereocenters. The SMILES string of the molecule is Cl.NC(c1cccc(Br)c1)c1ccc2ccccc2c1O. The van der Waals surface area contributed by atoms with Crippen molar-refractivity contribution in [3.8, 4) is 5.75 Å². The second kappa shape index (κ2) is 6.48. The van der Waals surface area contributed by atoms with Crippen LogP contribution in [0.15, 0.2) is 65.1 Å². The molecule has 3 rings (SSSR count). The number of phenolic OH excluding ortho intramolecular Hbond substituents is 1. The molecule has 0 spiro atoms. The molecule has 3 aromatic carbocycles. The first-order chi connectivity index (χ1) is 9.66. The number of rotatable bonds is 2. The quantitative estimate of drug-likeness (QED) is 0.687. The van der Waals surface area contributed by atoms with Crippen LogP contribution in [0.5, 0.6) is 5.75 Å². The van der Waals surface area contributed by atoms with Crippen LogP contribution in [0.1, 0.15) is 17.2 Å². The van der Waals surface area contributed by atoms with Gasteiger partial charge in [0.15, 0.2) is 0 Å². The molecule has 0 bridgehead atoms. The van der Waals surface area contributed by atoms with E-state index in [1.54, 1.807) is 0 Å².